The van der Waals surface area contributed by atoms with Crippen molar-refractivity contribution in [2.75, 3.05) is 19.6 Å². The standard InChI is InChI=1S/C20H23N5O2/c1-13-9-17(15(3)25(13)19-10-14(2)27-23-19)20(26)24-8-7-22-12-18(24)16-5-4-6-21-11-16/h4-6,9-11,18,22H,7-8,12H2,1-3H3. The highest BCUT2D eigenvalue weighted by atomic mass is 16.5. The SMILES string of the molecule is Cc1cc(-n2c(C)cc(C(=O)N3CCNCC3c3cccnc3)c2C)no1. The number of aromatic nitrogens is 3. The summed E-state index contributed by atoms with van der Waals surface area (Å²) in [6.07, 6.45) is 3.58. The van der Waals surface area contributed by atoms with Gasteiger partial charge < -0.3 is 14.7 Å². The van der Waals surface area contributed by atoms with Gasteiger partial charge in [-0.3, -0.25) is 14.3 Å². The fraction of sp³-hybridized carbons (Fsp3) is 0.350. The third kappa shape index (κ3) is 3.14. The Kier molecular flexibility index (Phi) is 4.53. The maximum absolute atomic E-state index is 13.4. The molecule has 1 fully saturated rings. The van der Waals surface area contributed by atoms with Crippen molar-refractivity contribution >= 4 is 5.91 Å². The smallest absolute Gasteiger partial charge is 0.256 e. The largest absolute Gasteiger partial charge is 0.360 e. The van der Waals surface area contributed by atoms with Crippen molar-refractivity contribution < 1.29 is 9.32 Å². The Labute approximate surface area is 158 Å². The number of aryl methyl sites for hydroxylation is 2. The van der Waals surface area contributed by atoms with E-state index in [9.17, 15) is 4.79 Å². The second-order valence-electron chi connectivity index (χ2n) is 6.92. The van der Waals surface area contributed by atoms with Gasteiger partial charge in [0.1, 0.15) is 5.76 Å². The van der Waals surface area contributed by atoms with E-state index < -0.39 is 0 Å². The number of amides is 1. The molecule has 3 aromatic rings. The fourth-order valence-electron chi connectivity index (χ4n) is 3.76. The molecule has 0 bridgehead atoms. The van der Waals surface area contributed by atoms with Gasteiger partial charge in [0.2, 0.25) is 0 Å². The Morgan fingerprint density at radius 1 is 1.30 bits per heavy atom. The molecule has 1 saturated heterocycles. The minimum atomic E-state index is -0.0303. The minimum absolute atomic E-state index is 0.0303. The van der Waals surface area contributed by atoms with Gasteiger partial charge in [0, 0.05) is 49.5 Å². The zero-order valence-corrected chi connectivity index (χ0v) is 15.8. The molecule has 0 saturated carbocycles. The lowest BCUT2D eigenvalue weighted by Crippen LogP contribution is -2.48. The van der Waals surface area contributed by atoms with Gasteiger partial charge in [-0.2, -0.15) is 0 Å². The first-order valence-corrected chi connectivity index (χ1v) is 9.10. The van der Waals surface area contributed by atoms with Crippen LogP contribution < -0.4 is 5.32 Å². The van der Waals surface area contributed by atoms with Crippen LogP contribution in [0.4, 0.5) is 0 Å². The van der Waals surface area contributed by atoms with Crippen molar-refractivity contribution in [1.29, 1.82) is 0 Å². The molecule has 1 N–H and O–H groups in total. The first-order chi connectivity index (χ1) is 13.1. The molecule has 7 nitrogen and oxygen atoms in total. The second kappa shape index (κ2) is 7.00. The molecule has 4 heterocycles. The van der Waals surface area contributed by atoms with Gasteiger partial charge in [0.05, 0.1) is 11.6 Å². The predicted molar refractivity (Wildman–Crippen MR) is 101 cm³/mol. The zero-order chi connectivity index (χ0) is 19.0. The van der Waals surface area contributed by atoms with Crippen molar-refractivity contribution in [3.63, 3.8) is 0 Å². The molecule has 0 spiro atoms. The number of carbonyl (C=O) groups is 1. The summed E-state index contributed by atoms with van der Waals surface area (Å²) in [7, 11) is 0. The second-order valence-corrected chi connectivity index (χ2v) is 6.92. The predicted octanol–water partition coefficient (Wildman–Crippen LogP) is 2.57. The minimum Gasteiger partial charge on any atom is -0.360 e. The van der Waals surface area contributed by atoms with Crippen LogP contribution in [0.15, 0.2) is 41.2 Å². The average molecular weight is 365 g/mol. The van der Waals surface area contributed by atoms with Crippen LogP contribution in [-0.4, -0.2) is 45.1 Å². The molecule has 1 aliphatic heterocycles. The van der Waals surface area contributed by atoms with Gasteiger partial charge in [-0.25, -0.2) is 0 Å². The Bertz CT molecular complexity index is 960. The average Bonchev–Trinajstić information content (AvgIpc) is 3.24. The van der Waals surface area contributed by atoms with Crippen molar-refractivity contribution in [3.05, 3.63) is 64.9 Å². The lowest BCUT2D eigenvalue weighted by Gasteiger charge is -2.36. The summed E-state index contributed by atoms with van der Waals surface area (Å²) in [6.45, 7) is 7.94. The van der Waals surface area contributed by atoms with E-state index in [0.29, 0.717) is 17.9 Å². The van der Waals surface area contributed by atoms with Crippen LogP contribution in [0.1, 0.15) is 39.1 Å². The molecular formula is C20H23N5O2. The van der Waals surface area contributed by atoms with Gasteiger partial charge in [-0.15, -0.1) is 0 Å². The monoisotopic (exact) mass is 365 g/mol. The molecule has 0 aliphatic carbocycles. The van der Waals surface area contributed by atoms with E-state index in [1.807, 2.05) is 60.7 Å². The van der Waals surface area contributed by atoms with E-state index in [2.05, 4.69) is 15.5 Å². The summed E-state index contributed by atoms with van der Waals surface area (Å²) in [5, 5.41) is 7.48. The highest BCUT2D eigenvalue weighted by molar-refractivity contribution is 5.96. The summed E-state index contributed by atoms with van der Waals surface area (Å²) in [4.78, 5) is 19.6. The van der Waals surface area contributed by atoms with Crippen molar-refractivity contribution in [3.8, 4) is 5.82 Å². The Hall–Kier alpha value is -2.93. The summed E-state index contributed by atoms with van der Waals surface area (Å²) in [6, 6.07) is 7.71. The van der Waals surface area contributed by atoms with Gasteiger partial charge >= 0.3 is 0 Å². The molecule has 1 amide bonds. The number of carbonyl (C=O) groups excluding carboxylic acids is 1. The number of rotatable bonds is 3. The molecular weight excluding hydrogens is 342 g/mol. The molecule has 27 heavy (non-hydrogen) atoms. The first kappa shape index (κ1) is 17.5. The molecule has 3 aromatic heterocycles. The molecule has 1 unspecified atom stereocenters. The molecule has 7 heteroatoms. The number of nitrogens with one attached hydrogen (secondary N) is 1. The number of pyridine rings is 1. The van der Waals surface area contributed by atoms with Crippen molar-refractivity contribution in [2.24, 2.45) is 0 Å². The van der Waals surface area contributed by atoms with Crippen LogP contribution in [0, 0.1) is 20.8 Å². The summed E-state index contributed by atoms with van der Waals surface area (Å²) in [5.74, 6) is 1.47. The number of nitrogens with zero attached hydrogens (tertiary/aromatic N) is 4. The molecule has 0 aromatic carbocycles. The van der Waals surface area contributed by atoms with Gasteiger partial charge in [-0.1, -0.05) is 11.2 Å². The van der Waals surface area contributed by atoms with Crippen LogP contribution >= 0.6 is 0 Å². The van der Waals surface area contributed by atoms with E-state index in [1.54, 1.807) is 6.20 Å². The van der Waals surface area contributed by atoms with E-state index in [-0.39, 0.29) is 11.9 Å². The van der Waals surface area contributed by atoms with Crippen molar-refractivity contribution in [1.82, 2.24) is 24.9 Å². The van der Waals surface area contributed by atoms with E-state index in [0.717, 1.165) is 35.8 Å². The third-order valence-electron chi connectivity index (χ3n) is 5.08. The maximum Gasteiger partial charge on any atom is 0.256 e. The summed E-state index contributed by atoms with van der Waals surface area (Å²) < 4.78 is 7.17. The summed E-state index contributed by atoms with van der Waals surface area (Å²) in [5.41, 5.74) is 3.56. The quantitative estimate of drug-likeness (QED) is 0.772. The third-order valence-corrected chi connectivity index (χ3v) is 5.08. The molecule has 1 atom stereocenters. The Balaban J connectivity index is 1.69. The van der Waals surface area contributed by atoms with Crippen molar-refractivity contribution in [2.45, 2.75) is 26.8 Å². The normalized spacial score (nSPS) is 17.3. The van der Waals surface area contributed by atoms with E-state index >= 15 is 0 Å². The number of hydrogen-bond donors (Lipinski definition) is 1. The lowest BCUT2D eigenvalue weighted by atomic mass is 10.0. The molecule has 1 aliphatic rings. The lowest BCUT2D eigenvalue weighted by molar-refractivity contribution is 0.0633. The van der Waals surface area contributed by atoms with Crippen LogP contribution in [0.5, 0.6) is 0 Å². The maximum atomic E-state index is 13.4. The van der Waals surface area contributed by atoms with E-state index in [1.165, 1.54) is 0 Å². The van der Waals surface area contributed by atoms with Gasteiger partial charge in [-0.05, 0) is 38.5 Å². The highest BCUT2D eigenvalue weighted by Crippen LogP contribution is 2.27. The zero-order valence-electron chi connectivity index (χ0n) is 15.8. The highest BCUT2D eigenvalue weighted by Gasteiger charge is 2.31. The van der Waals surface area contributed by atoms with Crippen LogP contribution in [-0.2, 0) is 0 Å². The van der Waals surface area contributed by atoms with Crippen LogP contribution in [0.3, 0.4) is 0 Å². The van der Waals surface area contributed by atoms with Gasteiger partial charge in [0.15, 0.2) is 5.82 Å². The van der Waals surface area contributed by atoms with E-state index in [4.69, 9.17) is 4.52 Å². The topological polar surface area (TPSA) is 76.2 Å². The Morgan fingerprint density at radius 3 is 2.85 bits per heavy atom. The first-order valence-electron chi connectivity index (χ1n) is 9.10. The number of hydrogen-bond acceptors (Lipinski definition) is 5. The fourth-order valence-corrected chi connectivity index (χ4v) is 3.76. The molecule has 140 valence electrons. The Morgan fingerprint density at radius 2 is 2.15 bits per heavy atom. The van der Waals surface area contributed by atoms with Crippen LogP contribution in [0.2, 0.25) is 0 Å². The molecule has 4 rings (SSSR count). The molecule has 0 radical (unpaired) electrons. The van der Waals surface area contributed by atoms with Crippen LogP contribution in [0.25, 0.3) is 5.82 Å². The summed E-state index contributed by atoms with van der Waals surface area (Å²) >= 11 is 0. The van der Waals surface area contributed by atoms with Gasteiger partial charge in [0.25, 0.3) is 5.91 Å². The number of piperazine rings is 1.